The number of hydrogen-bond donors (Lipinski definition) is 1. The molecular formula is C20H15ClN2O3S2. The fourth-order valence-electron chi connectivity index (χ4n) is 2.80. The minimum absolute atomic E-state index is 0.209. The van der Waals surface area contributed by atoms with Crippen LogP contribution in [0.25, 0.3) is 31.8 Å². The summed E-state index contributed by atoms with van der Waals surface area (Å²) < 4.78 is 10.6. The Balaban J connectivity index is 1.77. The van der Waals surface area contributed by atoms with Gasteiger partial charge in [-0.2, -0.15) is 0 Å². The zero-order chi connectivity index (χ0) is 19.7. The molecule has 0 radical (unpaired) electrons. The molecule has 0 aliphatic heterocycles. The first kappa shape index (κ1) is 18.7. The van der Waals surface area contributed by atoms with Gasteiger partial charge in [0.25, 0.3) is 5.56 Å². The van der Waals surface area contributed by atoms with E-state index in [-0.39, 0.29) is 5.56 Å². The number of thiophene rings is 2. The Labute approximate surface area is 173 Å². The van der Waals surface area contributed by atoms with Crippen LogP contribution in [0.1, 0.15) is 11.4 Å². The summed E-state index contributed by atoms with van der Waals surface area (Å²) in [4.78, 5) is 21.8. The maximum atomic E-state index is 12.7. The standard InChI is InChI=1S/C20H15ClN2O3S2/c1-25-12-6-11(7-13(9-12)26-2)8-15(21)18-22-19(24)17-14(10-28-20(17)23-18)16-4-3-5-27-16/h3-10H,1-2H3,(H,22,23,24)/b15-8-. The highest BCUT2D eigenvalue weighted by Gasteiger charge is 2.15. The number of H-pyrrole nitrogens is 1. The lowest BCUT2D eigenvalue weighted by Gasteiger charge is -2.06. The normalized spacial score (nSPS) is 11.8. The van der Waals surface area contributed by atoms with E-state index in [9.17, 15) is 4.79 Å². The van der Waals surface area contributed by atoms with Crippen LogP contribution in [0.3, 0.4) is 0 Å². The number of ether oxygens (including phenoxy) is 2. The Kier molecular flexibility index (Phi) is 5.21. The van der Waals surface area contributed by atoms with Crippen molar-refractivity contribution in [3.8, 4) is 21.9 Å². The van der Waals surface area contributed by atoms with Crippen molar-refractivity contribution in [2.24, 2.45) is 0 Å². The molecule has 4 rings (SSSR count). The molecule has 1 N–H and O–H groups in total. The molecule has 0 spiro atoms. The molecule has 0 unspecified atom stereocenters. The van der Waals surface area contributed by atoms with E-state index < -0.39 is 0 Å². The second-order valence-electron chi connectivity index (χ2n) is 5.86. The first-order chi connectivity index (χ1) is 13.6. The third-order valence-electron chi connectivity index (χ3n) is 4.12. The third-order valence-corrected chi connectivity index (χ3v) is 6.19. The quantitative estimate of drug-likeness (QED) is 0.456. The van der Waals surface area contributed by atoms with Crippen molar-refractivity contribution in [3.05, 3.63) is 62.8 Å². The van der Waals surface area contributed by atoms with Crippen molar-refractivity contribution < 1.29 is 9.47 Å². The van der Waals surface area contributed by atoms with Gasteiger partial charge in [0.1, 0.15) is 16.3 Å². The number of rotatable bonds is 5. The summed E-state index contributed by atoms with van der Waals surface area (Å²) in [5.74, 6) is 1.61. The number of nitrogens with one attached hydrogen (secondary N) is 1. The predicted octanol–water partition coefficient (Wildman–Crippen LogP) is 5.47. The minimum Gasteiger partial charge on any atom is -0.497 e. The Morgan fingerprint density at radius 3 is 2.57 bits per heavy atom. The summed E-state index contributed by atoms with van der Waals surface area (Å²) in [7, 11) is 3.16. The number of methoxy groups -OCH3 is 2. The van der Waals surface area contributed by atoms with Gasteiger partial charge >= 0.3 is 0 Å². The van der Waals surface area contributed by atoms with E-state index in [1.807, 2.05) is 35.0 Å². The maximum Gasteiger partial charge on any atom is 0.260 e. The molecule has 142 valence electrons. The molecule has 3 heterocycles. The molecule has 0 saturated heterocycles. The Hall–Kier alpha value is -2.61. The Morgan fingerprint density at radius 2 is 1.93 bits per heavy atom. The summed E-state index contributed by atoms with van der Waals surface area (Å²) in [6.45, 7) is 0. The molecule has 0 saturated carbocycles. The van der Waals surface area contributed by atoms with Crippen molar-refractivity contribution in [1.29, 1.82) is 0 Å². The monoisotopic (exact) mass is 430 g/mol. The van der Waals surface area contributed by atoms with Crippen LogP contribution < -0.4 is 15.0 Å². The van der Waals surface area contributed by atoms with Gasteiger partial charge < -0.3 is 14.5 Å². The van der Waals surface area contributed by atoms with E-state index >= 15 is 0 Å². The largest absolute Gasteiger partial charge is 0.497 e. The van der Waals surface area contributed by atoms with Gasteiger partial charge in [0.05, 0.1) is 24.6 Å². The van der Waals surface area contributed by atoms with Crippen LogP contribution in [-0.2, 0) is 0 Å². The molecule has 8 heteroatoms. The number of aromatic amines is 1. The molecule has 0 aliphatic rings. The molecule has 5 nitrogen and oxygen atoms in total. The number of benzene rings is 1. The van der Waals surface area contributed by atoms with Crippen molar-refractivity contribution in [3.63, 3.8) is 0 Å². The second-order valence-corrected chi connectivity index (χ2v) is 8.07. The number of nitrogens with zero attached hydrogens (tertiary/aromatic N) is 1. The van der Waals surface area contributed by atoms with Crippen LogP contribution >= 0.6 is 34.3 Å². The summed E-state index contributed by atoms with van der Waals surface area (Å²) in [6, 6.07) is 9.36. The van der Waals surface area contributed by atoms with E-state index in [2.05, 4.69) is 9.97 Å². The fourth-order valence-corrected chi connectivity index (χ4v) is 4.78. The van der Waals surface area contributed by atoms with Crippen molar-refractivity contribution >= 4 is 55.6 Å². The minimum atomic E-state index is -0.209. The molecule has 0 bridgehead atoms. The van der Waals surface area contributed by atoms with E-state index in [0.717, 1.165) is 16.0 Å². The zero-order valence-electron chi connectivity index (χ0n) is 15.0. The summed E-state index contributed by atoms with van der Waals surface area (Å²) in [5, 5.41) is 4.84. The van der Waals surface area contributed by atoms with Crippen LogP contribution in [0.2, 0.25) is 0 Å². The van der Waals surface area contributed by atoms with Gasteiger partial charge in [-0.15, -0.1) is 22.7 Å². The molecule has 1 aromatic carbocycles. The van der Waals surface area contributed by atoms with Crippen LogP contribution in [0.4, 0.5) is 0 Å². The van der Waals surface area contributed by atoms with Crippen molar-refractivity contribution in [2.75, 3.05) is 14.2 Å². The molecule has 0 atom stereocenters. The highest BCUT2D eigenvalue weighted by atomic mass is 35.5. The molecule has 28 heavy (non-hydrogen) atoms. The van der Waals surface area contributed by atoms with Crippen LogP contribution in [0, 0.1) is 0 Å². The number of hydrogen-bond acceptors (Lipinski definition) is 6. The van der Waals surface area contributed by atoms with Gasteiger partial charge in [0, 0.05) is 21.9 Å². The van der Waals surface area contributed by atoms with Gasteiger partial charge in [0.2, 0.25) is 0 Å². The predicted molar refractivity (Wildman–Crippen MR) is 117 cm³/mol. The van der Waals surface area contributed by atoms with E-state index in [1.165, 1.54) is 11.3 Å². The highest BCUT2D eigenvalue weighted by molar-refractivity contribution is 7.18. The average molecular weight is 431 g/mol. The fraction of sp³-hybridized carbons (Fsp3) is 0.100. The van der Waals surface area contributed by atoms with Gasteiger partial charge in [-0.05, 0) is 35.2 Å². The van der Waals surface area contributed by atoms with E-state index in [0.29, 0.717) is 32.6 Å². The summed E-state index contributed by atoms with van der Waals surface area (Å²) in [6.07, 6.45) is 1.71. The number of aromatic nitrogens is 2. The first-order valence-electron chi connectivity index (χ1n) is 8.25. The van der Waals surface area contributed by atoms with Crippen molar-refractivity contribution in [2.45, 2.75) is 0 Å². The third kappa shape index (κ3) is 3.56. The Morgan fingerprint density at radius 1 is 1.18 bits per heavy atom. The lowest BCUT2D eigenvalue weighted by molar-refractivity contribution is 0.394. The zero-order valence-corrected chi connectivity index (χ0v) is 17.4. The molecule has 4 aromatic rings. The lowest BCUT2D eigenvalue weighted by Crippen LogP contribution is -2.10. The van der Waals surface area contributed by atoms with Crippen molar-refractivity contribution in [1.82, 2.24) is 9.97 Å². The summed E-state index contributed by atoms with van der Waals surface area (Å²) >= 11 is 9.48. The summed E-state index contributed by atoms with van der Waals surface area (Å²) in [5.41, 5.74) is 1.46. The Bertz CT molecular complexity index is 1200. The molecular weight excluding hydrogens is 416 g/mol. The highest BCUT2D eigenvalue weighted by Crippen LogP contribution is 2.34. The van der Waals surface area contributed by atoms with E-state index in [4.69, 9.17) is 21.1 Å². The second kappa shape index (κ2) is 7.79. The maximum absolute atomic E-state index is 12.7. The van der Waals surface area contributed by atoms with Crippen LogP contribution in [0.15, 0.2) is 45.9 Å². The molecule has 0 aliphatic carbocycles. The van der Waals surface area contributed by atoms with E-state index in [1.54, 1.807) is 37.7 Å². The van der Waals surface area contributed by atoms with Gasteiger partial charge in [0.15, 0.2) is 5.82 Å². The van der Waals surface area contributed by atoms with Crippen LogP contribution in [-0.4, -0.2) is 24.2 Å². The number of halogens is 1. The number of fused-ring (bicyclic) bond motifs is 1. The molecule has 0 amide bonds. The molecule has 3 aromatic heterocycles. The smallest absolute Gasteiger partial charge is 0.260 e. The van der Waals surface area contributed by atoms with Crippen LogP contribution in [0.5, 0.6) is 11.5 Å². The van der Waals surface area contributed by atoms with Gasteiger partial charge in [-0.25, -0.2) is 4.98 Å². The molecule has 0 fully saturated rings. The van der Waals surface area contributed by atoms with Gasteiger partial charge in [-0.3, -0.25) is 4.79 Å². The SMILES string of the molecule is COc1cc(/C=C(\Cl)c2nc3scc(-c4cccs4)c3c(=O)[nH]2)cc(OC)c1. The topological polar surface area (TPSA) is 64.2 Å². The first-order valence-corrected chi connectivity index (χ1v) is 10.4. The lowest BCUT2D eigenvalue weighted by atomic mass is 10.2. The van der Waals surface area contributed by atoms with Gasteiger partial charge in [-0.1, -0.05) is 17.7 Å². The average Bonchev–Trinajstić information content (AvgIpc) is 3.37.